The van der Waals surface area contributed by atoms with Gasteiger partial charge in [0.05, 0.1) is 17.6 Å². The van der Waals surface area contributed by atoms with Gasteiger partial charge in [-0.15, -0.1) is 0 Å². The van der Waals surface area contributed by atoms with Crippen molar-refractivity contribution in [3.63, 3.8) is 0 Å². The molecule has 0 fully saturated rings. The van der Waals surface area contributed by atoms with Gasteiger partial charge in [-0.25, -0.2) is 4.98 Å². The third-order valence-corrected chi connectivity index (χ3v) is 3.89. The van der Waals surface area contributed by atoms with Crippen molar-refractivity contribution in [2.45, 2.75) is 19.9 Å². The summed E-state index contributed by atoms with van der Waals surface area (Å²) < 4.78 is 7.14. The van der Waals surface area contributed by atoms with Crippen LogP contribution in [-0.2, 0) is 4.74 Å². The molecule has 1 amide bonds. The van der Waals surface area contributed by atoms with E-state index in [2.05, 4.69) is 14.9 Å². The monoisotopic (exact) mass is 323 g/mol. The van der Waals surface area contributed by atoms with Crippen molar-refractivity contribution in [3.8, 4) is 5.69 Å². The van der Waals surface area contributed by atoms with Crippen molar-refractivity contribution in [1.29, 1.82) is 0 Å². The fourth-order valence-corrected chi connectivity index (χ4v) is 2.84. The van der Waals surface area contributed by atoms with Crippen LogP contribution in [0.5, 0.6) is 0 Å². The largest absolute Gasteiger partial charge is 0.383 e. The van der Waals surface area contributed by atoms with Crippen LogP contribution in [0.4, 0.5) is 0 Å². The summed E-state index contributed by atoms with van der Waals surface area (Å²) in [5.41, 5.74) is 3.45. The molecule has 1 heterocycles. The lowest BCUT2D eigenvalue weighted by Gasteiger charge is -2.12. The van der Waals surface area contributed by atoms with E-state index in [1.165, 1.54) is 0 Å². The smallest absolute Gasteiger partial charge is 0.251 e. The van der Waals surface area contributed by atoms with Gasteiger partial charge >= 0.3 is 0 Å². The molecular weight excluding hydrogens is 302 g/mol. The number of benzene rings is 2. The Morgan fingerprint density at radius 2 is 2.00 bits per heavy atom. The number of aryl methyl sites for hydroxylation is 1. The van der Waals surface area contributed by atoms with Crippen LogP contribution in [0.3, 0.4) is 0 Å². The predicted octanol–water partition coefficient (Wildman–Crippen LogP) is 3.10. The van der Waals surface area contributed by atoms with E-state index in [9.17, 15) is 4.79 Å². The Morgan fingerprint density at radius 3 is 2.71 bits per heavy atom. The zero-order chi connectivity index (χ0) is 17.1. The van der Waals surface area contributed by atoms with Gasteiger partial charge in [0.1, 0.15) is 5.82 Å². The summed E-state index contributed by atoms with van der Waals surface area (Å²) in [7, 11) is 1.62. The first kappa shape index (κ1) is 16.2. The molecule has 0 aliphatic heterocycles. The minimum absolute atomic E-state index is 0.0400. The number of amides is 1. The number of carbonyl (C=O) groups is 1. The van der Waals surface area contributed by atoms with Crippen LogP contribution in [-0.4, -0.2) is 35.2 Å². The first-order chi connectivity index (χ1) is 11.6. The predicted molar refractivity (Wildman–Crippen MR) is 94.6 cm³/mol. The fourth-order valence-electron chi connectivity index (χ4n) is 2.84. The Hall–Kier alpha value is -2.66. The average molecular weight is 323 g/mol. The van der Waals surface area contributed by atoms with Crippen LogP contribution in [0, 0.1) is 6.92 Å². The molecule has 3 rings (SSSR count). The lowest BCUT2D eigenvalue weighted by Crippen LogP contribution is -2.35. The van der Waals surface area contributed by atoms with Crippen molar-refractivity contribution < 1.29 is 9.53 Å². The third-order valence-electron chi connectivity index (χ3n) is 3.89. The summed E-state index contributed by atoms with van der Waals surface area (Å²) >= 11 is 0. The molecule has 24 heavy (non-hydrogen) atoms. The molecule has 1 atom stereocenters. The SMILES string of the molecule is COC[C@H](C)NC(=O)c1ccc2c(c1)nc(C)n2-c1ccccc1. The number of methoxy groups -OCH3 is 1. The Morgan fingerprint density at radius 1 is 1.25 bits per heavy atom. The molecule has 0 saturated heterocycles. The highest BCUT2D eigenvalue weighted by atomic mass is 16.5. The second-order valence-electron chi connectivity index (χ2n) is 5.86. The molecule has 0 radical (unpaired) electrons. The lowest BCUT2D eigenvalue weighted by molar-refractivity contribution is 0.0905. The van der Waals surface area contributed by atoms with Gasteiger partial charge in [0.2, 0.25) is 0 Å². The van der Waals surface area contributed by atoms with Crippen molar-refractivity contribution in [2.75, 3.05) is 13.7 Å². The van der Waals surface area contributed by atoms with E-state index in [0.29, 0.717) is 12.2 Å². The molecule has 0 spiro atoms. The maximum absolute atomic E-state index is 12.3. The molecule has 0 saturated carbocycles. The van der Waals surface area contributed by atoms with Gasteiger partial charge in [0, 0.05) is 24.4 Å². The lowest BCUT2D eigenvalue weighted by atomic mass is 10.1. The number of hydrogen-bond donors (Lipinski definition) is 1. The van der Waals surface area contributed by atoms with E-state index >= 15 is 0 Å². The Kier molecular flexibility index (Phi) is 4.62. The summed E-state index contributed by atoms with van der Waals surface area (Å²) in [5, 5.41) is 2.92. The van der Waals surface area contributed by atoms with E-state index in [1.54, 1.807) is 7.11 Å². The number of fused-ring (bicyclic) bond motifs is 1. The molecule has 1 N–H and O–H groups in total. The second-order valence-corrected chi connectivity index (χ2v) is 5.86. The van der Waals surface area contributed by atoms with Gasteiger partial charge in [0.15, 0.2) is 0 Å². The first-order valence-corrected chi connectivity index (χ1v) is 7.94. The van der Waals surface area contributed by atoms with Crippen LogP contribution in [0.1, 0.15) is 23.1 Å². The zero-order valence-electron chi connectivity index (χ0n) is 14.1. The molecule has 2 aromatic carbocycles. The van der Waals surface area contributed by atoms with E-state index < -0.39 is 0 Å². The fraction of sp³-hybridized carbons (Fsp3) is 0.263. The minimum Gasteiger partial charge on any atom is -0.383 e. The van der Waals surface area contributed by atoms with Gasteiger partial charge in [-0.2, -0.15) is 0 Å². The minimum atomic E-state index is -0.117. The molecule has 5 heteroatoms. The number of ether oxygens (including phenoxy) is 1. The molecule has 5 nitrogen and oxygen atoms in total. The standard InChI is InChI=1S/C19H21N3O2/c1-13(12-24-3)20-19(23)15-9-10-18-17(11-15)21-14(2)22(18)16-7-5-4-6-8-16/h4-11,13H,12H2,1-3H3,(H,20,23)/t13-/m0/s1. The number of imidazole rings is 1. The van der Waals surface area contributed by atoms with Crippen LogP contribution < -0.4 is 5.32 Å². The molecule has 0 aliphatic carbocycles. The Balaban J connectivity index is 1.95. The van der Waals surface area contributed by atoms with E-state index in [0.717, 1.165) is 22.5 Å². The quantitative estimate of drug-likeness (QED) is 0.785. The molecule has 1 aromatic heterocycles. The number of nitrogens with one attached hydrogen (secondary N) is 1. The van der Waals surface area contributed by atoms with Gasteiger partial charge in [0.25, 0.3) is 5.91 Å². The van der Waals surface area contributed by atoms with Gasteiger partial charge < -0.3 is 10.1 Å². The highest BCUT2D eigenvalue weighted by Gasteiger charge is 2.14. The normalized spacial score (nSPS) is 12.3. The average Bonchev–Trinajstić information content (AvgIpc) is 2.90. The van der Waals surface area contributed by atoms with Crippen LogP contribution in [0.2, 0.25) is 0 Å². The van der Waals surface area contributed by atoms with Gasteiger partial charge in [-0.05, 0) is 44.2 Å². The highest BCUT2D eigenvalue weighted by Crippen LogP contribution is 2.22. The van der Waals surface area contributed by atoms with Crippen LogP contribution >= 0.6 is 0 Å². The van der Waals surface area contributed by atoms with Crippen molar-refractivity contribution in [2.24, 2.45) is 0 Å². The van der Waals surface area contributed by atoms with Crippen LogP contribution in [0.25, 0.3) is 16.7 Å². The summed E-state index contributed by atoms with van der Waals surface area (Å²) in [6.07, 6.45) is 0. The van der Waals surface area contributed by atoms with E-state index in [-0.39, 0.29) is 11.9 Å². The molecule has 124 valence electrons. The number of aromatic nitrogens is 2. The van der Waals surface area contributed by atoms with Gasteiger partial charge in [-0.3, -0.25) is 9.36 Å². The number of carbonyl (C=O) groups excluding carboxylic acids is 1. The van der Waals surface area contributed by atoms with E-state index in [4.69, 9.17) is 4.74 Å². The summed E-state index contributed by atoms with van der Waals surface area (Å²) in [6, 6.07) is 15.6. The molecule has 0 unspecified atom stereocenters. The number of para-hydroxylation sites is 1. The topological polar surface area (TPSA) is 56.1 Å². The summed E-state index contributed by atoms with van der Waals surface area (Å²) in [6.45, 7) is 4.36. The van der Waals surface area contributed by atoms with E-state index in [1.807, 2.05) is 62.4 Å². The van der Waals surface area contributed by atoms with Crippen molar-refractivity contribution in [1.82, 2.24) is 14.9 Å². The number of nitrogens with zero attached hydrogens (tertiary/aromatic N) is 2. The number of hydrogen-bond acceptors (Lipinski definition) is 3. The molecule has 0 aliphatic rings. The highest BCUT2D eigenvalue weighted by molar-refractivity contribution is 5.97. The third kappa shape index (κ3) is 3.16. The maximum Gasteiger partial charge on any atom is 0.251 e. The second kappa shape index (κ2) is 6.84. The van der Waals surface area contributed by atoms with Gasteiger partial charge in [-0.1, -0.05) is 18.2 Å². The maximum atomic E-state index is 12.3. The van der Waals surface area contributed by atoms with Crippen LogP contribution in [0.15, 0.2) is 48.5 Å². The van der Waals surface area contributed by atoms with Crippen molar-refractivity contribution >= 4 is 16.9 Å². The zero-order valence-corrected chi connectivity index (χ0v) is 14.1. The Bertz CT molecular complexity index is 856. The number of rotatable bonds is 5. The molecular formula is C19H21N3O2. The summed E-state index contributed by atoms with van der Waals surface area (Å²) in [5.74, 6) is 0.773. The molecule has 3 aromatic rings. The first-order valence-electron chi connectivity index (χ1n) is 7.94. The van der Waals surface area contributed by atoms with Crippen molar-refractivity contribution in [3.05, 3.63) is 59.9 Å². The summed E-state index contributed by atoms with van der Waals surface area (Å²) in [4.78, 5) is 16.9. The molecule has 0 bridgehead atoms. The Labute approximate surface area is 141 Å².